The lowest BCUT2D eigenvalue weighted by Gasteiger charge is -2.21. The number of para-hydroxylation sites is 2. The van der Waals surface area contributed by atoms with E-state index in [4.69, 9.17) is 4.42 Å². The standard InChI is InChI=1S/C46H29N3O/c1-46(2)38-12-6-3-9-30(38)33-24-35-32-11-5-8-14-41(32)49(43(35)25-39(33)46)29-17-20-45-37(23-29)36-22-28(16-19-44(36)50-45)48-40-13-7-4-10-31(40)34-21-27(26-47)15-18-42(34)48/h3-25H,1-2H3. The van der Waals surface area contributed by atoms with Gasteiger partial charge in [-0.2, -0.15) is 5.26 Å². The molecule has 0 saturated carbocycles. The molecule has 0 atom stereocenters. The Kier molecular flexibility index (Phi) is 5.22. The van der Waals surface area contributed by atoms with E-state index in [0.717, 1.165) is 55.1 Å². The fourth-order valence-electron chi connectivity index (χ4n) is 8.79. The summed E-state index contributed by atoms with van der Waals surface area (Å²) in [4.78, 5) is 0. The van der Waals surface area contributed by atoms with Gasteiger partial charge in [-0.25, -0.2) is 0 Å². The SMILES string of the molecule is CC1(C)c2ccccc2-c2cc3c4ccccc4n(-c4ccc5oc6ccc(-n7c8ccccc8c8cc(C#N)ccc87)cc6c5c4)c3cc21. The molecule has 3 heterocycles. The van der Waals surface area contributed by atoms with Gasteiger partial charge in [-0.15, -0.1) is 0 Å². The Labute approximate surface area is 287 Å². The zero-order valence-electron chi connectivity index (χ0n) is 27.5. The summed E-state index contributed by atoms with van der Waals surface area (Å²) in [5.41, 5.74) is 14.4. The minimum atomic E-state index is -0.0918. The summed E-state index contributed by atoms with van der Waals surface area (Å²) in [6.45, 7) is 4.69. The van der Waals surface area contributed by atoms with E-state index in [1.165, 1.54) is 44.1 Å². The number of fused-ring (bicyclic) bond motifs is 12. The first-order valence-corrected chi connectivity index (χ1v) is 17.1. The molecule has 0 bridgehead atoms. The van der Waals surface area contributed by atoms with Gasteiger partial charge in [0, 0.05) is 49.1 Å². The zero-order valence-corrected chi connectivity index (χ0v) is 27.5. The van der Waals surface area contributed by atoms with Crippen LogP contribution in [0.3, 0.4) is 0 Å². The summed E-state index contributed by atoms with van der Waals surface area (Å²) in [5.74, 6) is 0. The van der Waals surface area contributed by atoms with E-state index in [-0.39, 0.29) is 5.41 Å². The Balaban J connectivity index is 1.15. The van der Waals surface area contributed by atoms with Crippen molar-refractivity contribution in [2.45, 2.75) is 19.3 Å². The summed E-state index contributed by atoms with van der Waals surface area (Å²) in [6, 6.07) is 52.2. The summed E-state index contributed by atoms with van der Waals surface area (Å²) in [6.07, 6.45) is 0. The molecule has 0 fully saturated rings. The molecule has 10 aromatic rings. The first-order chi connectivity index (χ1) is 24.5. The third kappa shape index (κ3) is 3.48. The minimum Gasteiger partial charge on any atom is -0.456 e. The van der Waals surface area contributed by atoms with Crippen LogP contribution in [0.1, 0.15) is 30.5 Å². The fraction of sp³-hybridized carbons (Fsp3) is 0.0652. The molecule has 3 aromatic heterocycles. The molecule has 0 saturated heterocycles. The molecule has 0 N–H and O–H groups in total. The fourth-order valence-corrected chi connectivity index (χ4v) is 8.79. The van der Waals surface area contributed by atoms with Gasteiger partial charge in [0.2, 0.25) is 0 Å². The van der Waals surface area contributed by atoms with Crippen molar-refractivity contribution in [2.24, 2.45) is 0 Å². The van der Waals surface area contributed by atoms with Gasteiger partial charge in [0.15, 0.2) is 0 Å². The highest BCUT2D eigenvalue weighted by Crippen LogP contribution is 2.51. The molecule has 0 radical (unpaired) electrons. The van der Waals surface area contributed by atoms with Crippen molar-refractivity contribution in [1.82, 2.24) is 9.13 Å². The number of furan rings is 1. The molecule has 7 aromatic carbocycles. The molecular weight excluding hydrogens is 611 g/mol. The van der Waals surface area contributed by atoms with E-state index in [9.17, 15) is 5.26 Å². The van der Waals surface area contributed by atoms with Crippen LogP contribution in [-0.4, -0.2) is 9.13 Å². The summed E-state index contributed by atoms with van der Waals surface area (Å²) in [5, 5.41) is 16.5. The monoisotopic (exact) mass is 639 g/mol. The number of rotatable bonds is 2. The quantitative estimate of drug-likeness (QED) is 0.189. The van der Waals surface area contributed by atoms with Crippen LogP contribution in [0.4, 0.5) is 0 Å². The number of aromatic nitrogens is 2. The average Bonchev–Trinajstić information content (AvgIpc) is 3.85. The predicted molar refractivity (Wildman–Crippen MR) is 205 cm³/mol. The van der Waals surface area contributed by atoms with Gasteiger partial charge in [-0.3, -0.25) is 0 Å². The molecule has 4 nitrogen and oxygen atoms in total. The molecule has 0 aliphatic heterocycles. The first kappa shape index (κ1) is 27.4. The molecule has 4 heteroatoms. The second-order valence-corrected chi connectivity index (χ2v) is 14.1. The normalized spacial score (nSPS) is 13.5. The molecule has 11 rings (SSSR count). The third-order valence-electron chi connectivity index (χ3n) is 11.1. The summed E-state index contributed by atoms with van der Waals surface area (Å²) < 4.78 is 11.2. The molecule has 0 amide bonds. The Bertz CT molecular complexity index is 3140. The zero-order chi connectivity index (χ0) is 33.3. The largest absolute Gasteiger partial charge is 0.456 e. The van der Waals surface area contributed by atoms with Crippen LogP contribution in [0, 0.1) is 11.3 Å². The number of nitrogens with zero attached hydrogens (tertiary/aromatic N) is 3. The molecular formula is C46H29N3O. The van der Waals surface area contributed by atoms with E-state index in [2.05, 4.69) is 156 Å². The molecule has 50 heavy (non-hydrogen) atoms. The second-order valence-electron chi connectivity index (χ2n) is 14.1. The summed E-state index contributed by atoms with van der Waals surface area (Å²) >= 11 is 0. The van der Waals surface area contributed by atoms with Crippen LogP contribution >= 0.6 is 0 Å². The van der Waals surface area contributed by atoms with Crippen LogP contribution in [0.2, 0.25) is 0 Å². The van der Waals surface area contributed by atoms with Crippen molar-refractivity contribution in [1.29, 1.82) is 5.26 Å². The predicted octanol–water partition coefficient (Wildman–Crippen LogP) is 12.0. The van der Waals surface area contributed by atoms with E-state index < -0.39 is 0 Å². The van der Waals surface area contributed by atoms with Gasteiger partial charge in [0.05, 0.1) is 33.7 Å². The van der Waals surface area contributed by atoms with Crippen LogP contribution in [0.5, 0.6) is 0 Å². The van der Waals surface area contributed by atoms with Crippen LogP contribution < -0.4 is 0 Å². The van der Waals surface area contributed by atoms with Crippen LogP contribution in [-0.2, 0) is 5.41 Å². The van der Waals surface area contributed by atoms with Crippen molar-refractivity contribution >= 4 is 65.6 Å². The number of hydrogen-bond donors (Lipinski definition) is 0. The highest BCUT2D eigenvalue weighted by molar-refractivity contribution is 6.13. The van der Waals surface area contributed by atoms with Crippen molar-refractivity contribution < 1.29 is 4.42 Å². The Morgan fingerprint density at radius 2 is 1.06 bits per heavy atom. The lowest BCUT2D eigenvalue weighted by atomic mass is 9.82. The van der Waals surface area contributed by atoms with E-state index in [1.807, 2.05) is 12.1 Å². The van der Waals surface area contributed by atoms with Crippen molar-refractivity contribution in [3.05, 3.63) is 156 Å². The van der Waals surface area contributed by atoms with Gasteiger partial charge in [0.25, 0.3) is 0 Å². The third-order valence-corrected chi connectivity index (χ3v) is 11.1. The smallest absolute Gasteiger partial charge is 0.135 e. The summed E-state index contributed by atoms with van der Waals surface area (Å²) in [7, 11) is 0. The number of nitriles is 1. The van der Waals surface area contributed by atoms with Crippen molar-refractivity contribution in [3.8, 4) is 28.6 Å². The molecule has 1 aliphatic carbocycles. The molecule has 0 unspecified atom stereocenters. The lowest BCUT2D eigenvalue weighted by molar-refractivity contribution is 0.661. The van der Waals surface area contributed by atoms with E-state index >= 15 is 0 Å². The number of benzene rings is 7. The molecule has 0 spiro atoms. The average molecular weight is 640 g/mol. The van der Waals surface area contributed by atoms with Gasteiger partial charge in [0.1, 0.15) is 11.2 Å². The van der Waals surface area contributed by atoms with Crippen molar-refractivity contribution in [2.75, 3.05) is 0 Å². The van der Waals surface area contributed by atoms with Crippen molar-refractivity contribution in [3.63, 3.8) is 0 Å². The van der Waals surface area contributed by atoms with E-state index in [1.54, 1.807) is 0 Å². The first-order valence-electron chi connectivity index (χ1n) is 17.1. The Morgan fingerprint density at radius 1 is 0.480 bits per heavy atom. The maximum atomic E-state index is 9.63. The van der Waals surface area contributed by atoms with Gasteiger partial charge >= 0.3 is 0 Å². The second kappa shape index (κ2) is 9.53. The lowest BCUT2D eigenvalue weighted by Crippen LogP contribution is -2.14. The highest BCUT2D eigenvalue weighted by Gasteiger charge is 2.36. The van der Waals surface area contributed by atoms with E-state index in [0.29, 0.717) is 5.56 Å². The molecule has 1 aliphatic rings. The maximum Gasteiger partial charge on any atom is 0.135 e. The maximum absolute atomic E-state index is 9.63. The Morgan fingerprint density at radius 3 is 1.74 bits per heavy atom. The van der Waals surface area contributed by atoms with Gasteiger partial charge in [-0.1, -0.05) is 74.5 Å². The van der Waals surface area contributed by atoms with Crippen LogP contribution in [0.15, 0.2) is 144 Å². The minimum absolute atomic E-state index is 0.0918. The Hall–Kier alpha value is -6.57. The van der Waals surface area contributed by atoms with Gasteiger partial charge in [-0.05, 0) is 101 Å². The van der Waals surface area contributed by atoms with Crippen LogP contribution in [0.25, 0.3) is 88.1 Å². The topological polar surface area (TPSA) is 46.8 Å². The number of hydrogen-bond acceptors (Lipinski definition) is 2. The highest BCUT2D eigenvalue weighted by atomic mass is 16.3. The molecule has 234 valence electrons. The van der Waals surface area contributed by atoms with Gasteiger partial charge < -0.3 is 13.6 Å².